The fourth-order valence-electron chi connectivity index (χ4n) is 2.60. The van der Waals surface area contributed by atoms with E-state index in [-0.39, 0.29) is 15.6 Å². The number of ether oxygens (including phenoxy) is 2. The minimum Gasteiger partial charge on any atom is -0.491 e. The van der Waals surface area contributed by atoms with Crippen LogP contribution in [0.25, 0.3) is 11.1 Å². The normalized spacial score (nSPS) is 13.9. The minimum absolute atomic E-state index is 0.165. The molecule has 2 aromatic rings. The van der Waals surface area contributed by atoms with E-state index in [1.54, 1.807) is 0 Å². The first-order valence-electron chi connectivity index (χ1n) is 9.59. The second-order valence-corrected chi connectivity index (χ2v) is 8.31. The molecule has 0 amide bonds. The van der Waals surface area contributed by atoms with Crippen molar-refractivity contribution in [2.24, 2.45) is 5.41 Å². The molecule has 0 aliphatic carbocycles. The SMILES string of the molecule is CCC(C)Oc1ccc(-c2ccc(OC(I)C(C)(CC)CC)cc2)cc1. The second-order valence-electron chi connectivity index (χ2n) is 7.18. The highest BCUT2D eigenvalue weighted by molar-refractivity contribution is 14.1. The average Bonchev–Trinajstić information content (AvgIpc) is 2.68. The van der Waals surface area contributed by atoms with Gasteiger partial charge in [-0.1, -0.05) is 52.0 Å². The van der Waals surface area contributed by atoms with Gasteiger partial charge in [-0.3, -0.25) is 0 Å². The maximum atomic E-state index is 6.19. The van der Waals surface area contributed by atoms with Gasteiger partial charge in [-0.05, 0) is 84.2 Å². The van der Waals surface area contributed by atoms with Crippen molar-refractivity contribution < 1.29 is 9.47 Å². The van der Waals surface area contributed by atoms with Gasteiger partial charge in [0.05, 0.1) is 6.10 Å². The molecule has 0 fully saturated rings. The van der Waals surface area contributed by atoms with Gasteiger partial charge in [-0.25, -0.2) is 0 Å². The molecule has 0 heterocycles. The van der Waals surface area contributed by atoms with Crippen molar-refractivity contribution in [1.82, 2.24) is 0 Å². The molecule has 2 atom stereocenters. The minimum atomic E-state index is 0.165. The van der Waals surface area contributed by atoms with Gasteiger partial charge in [-0.15, -0.1) is 0 Å². The van der Waals surface area contributed by atoms with Crippen molar-refractivity contribution in [3.05, 3.63) is 48.5 Å². The number of hydrogen-bond donors (Lipinski definition) is 0. The van der Waals surface area contributed by atoms with E-state index in [1.165, 1.54) is 11.1 Å². The lowest BCUT2D eigenvalue weighted by Crippen LogP contribution is -2.30. The third kappa shape index (κ3) is 5.38. The molecule has 0 saturated heterocycles. The molecule has 0 aliphatic rings. The van der Waals surface area contributed by atoms with E-state index in [2.05, 4.69) is 93.6 Å². The molecule has 2 unspecified atom stereocenters. The van der Waals surface area contributed by atoms with Gasteiger partial charge in [0.2, 0.25) is 0 Å². The van der Waals surface area contributed by atoms with E-state index < -0.39 is 0 Å². The number of rotatable bonds is 9. The van der Waals surface area contributed by atoms with E-state index in [0.717, 1.165) is 30.8 Å². The first-order valence-corrected chi connectivity index (χ1v) is 10.8. The molecule has 0 bridgehead atoms. The first kappa shape index (κ1) is 21.1. The van der Waals surface area contributed by atoms with Crippen LogP contribution in [-0.4, -0.2) is 10.2 Å². The van der Waals surface area contributed by atoms with Crippen molar-refractivity contribution in [3.8, 4) is 22.6 Å². The smallest absolute Gasteiger partial charge is 0.154 e. The molecule has 3 heteroatoms. The number of hydrogen-bond acceptors (Lipinski definition) is 2. The van der Waals surface area contributed by atoms with Gasteiger partial charge in [-0.2, -0.15) is 0 Å². The summed E-state index contributed by atoms with van der Waals surface area (Å²) in [5.74, 6) is 1.85. The van der Waals surface area contributed by atoms with Crippen molar-refractivity contribution >= 4 is 22.6 Å². The van der Waals surface area contributed by atoms with Crippen LogP contribution in [-0.2, 0) is 0 Å². The fraction of sp³-hybridized carbons (Fsp3) is 0.478. The van der Waals surface area contributed by atoms with Crippen LogP contribution in [0.4, 0.5) is 0 Å². The van der Waals surface area contributed by atoms with Crippen LogP contribution in [0.3, 0.4) is 0 Å². The Bertz CT molecular complexity index is 660. The predicted octanol–water partition coefficient (Wildman–Crippen LogP) is 7.50. The van der Waals surface area contributed by atoms with Gasteiger partial charge in [0.25, 0.3) is 0 Å². The Morgan fingerprint density at radius 3 is 1.62 bits per heavy atom. The largest absolute Gasteiger partial charge is 0.491 e. The average molecular weight is 466 g/mol. The Labute approximate surface area is 172 Å². The molecule has 2 rings (SSSR count). The van der Waals surface area contributed by atoms with Crippen molar-refractivity contribution in [2.45, 2.75) is 64.1 Å². The Morgan fingerprint density at radius 1 is 0.808 bits per heavy atom. The van der Waals surface area contributed by atoms with E-state index in [1.807, 2.05) is 12.1 Å². The maximum absolute atomic E-state index is 6.19. The van der Waals surface area contributed by atoms with Gasteiger partial charge >= 0.3 is 0 Å². The Balaban J connectivity index is 2.05. The third-order valence-electron chi connectivity index (χ3n) is 5.36. The highest BCUT2D eigenvalue weighted by Gasteiger charge is 2.30. The summed E-state index contributed by atoms with van der Waals surface area (Å²) >= 11 is 2.42. The van der Waals surface area contributed by atoms with Crippen molar-refractivity contribution in [1.29, 1.82) is 0 Å². The van der Waals surface area contributed by atoms with E-state index >= 15 is 0 Å². The number of halogens is 1. The summed E-state index contributed by atoms with van der Waals surface area (Å²) in [5, 5.41) is 0. The highest BCUT2D eigenvalue weighted by Crippen LogP contribution is 2.36. The lowest BCUT2D eigenvalue weighted by atomic mass is 9.86. The molecule has 0 aromatic heterocycles. The quantitative estimate of drug-likeness (QED) is 0.282. The Hall–Kier alpha value is -1.23. The third-order valence-corrected chi connectivity index (χ3v) is 7.11. The summed E-state index contributed by atoms with van der Waals surface area (Å²) in [6.07, 6.45) is 3.48. The standard InChI is InChI=1S/C23H31IO2/c1-6-17(4)25-20-13-9-18(10-14-20)19-11-15-21(16-12-19)26-22(24)23(5,7-2)8-3/h9-17,22H,6-8H2,1-5H3. The van der Waals surface area contributed by atoms with Gasteiger partial charge in [0.1, 0.15) is 11.5 Å². The molecule has 26 heavy (non-hydrogen) atoms. The molecule has 0 saturated carbocycles. The predicted molar refractivity (Wildman–Crippen MR) is 119 cm³/mol. The summed E-state index contributed by atoms with van der Waals surface area (Å²) in [6, 6.07) is 16.7. The van der Waals surface area contributed by atoms with Crippen LogP contribution in [0, 0.1) is 5.41 Å². The van der Waals surface area contributed by atoms with Crippen molar-refractivity contribution in [2.75, 3.05) is 0 Å². The lowest BCUT2D eigenvalue weighted by molar-refractivity contribution is 0.135. The summed E-state index contributed by atoms with van der Waals surface area (Å²) < 4.78 is 12.2. The zero-order chi connectivity index (χ0) is 19.2. The molecule has 0 radical (unpaired) electrons. The highest BCUT2D eigenvalue weighted by atomic mass is 127. The van der Waals surface area contributed by atoms with Crippen LogP contribution in [0.2, 0.25) is 0 Å². The summed E-state index contributed by atoms with van der Waals surface area (Å²) in [4.78, 5) is 0. The zero-order valence-corrected chi connectivity index (χ0v) is 18.7. The molecule has 142 valence electrons. The molecular formula is C23H31IO2. The monoisotopic (exact) mass is 466 g/mol. The van der Waals surface area contributed by atoms with Crippen molar-refractivity contribution in [3.63, 3.8) is 0 Å². The number of benzene rings is 2. The molecule has 2 aromatic carbocycles. The van der Waals surface area contributed by atoms with E-state index in [0.29, 0.717) is 0 Å². The van der Waals surface area contributed by atoms with Gasteiger partial charge in [0.15, 0.2) is 4.11 Å². The fourth-order valence-corrected chi connectivity index (χ4v) is 3.77. The molecule has 2 nitrogen and oxygen atoms in total. The summed E-state index contributed by atoms with van der Waals surface area (Å²) in [5.41, 5.74) is 2.57. The maximum Gasteiger partial charge on any atom is 0.154 e. The van der Waals surface area contributed by atoms with Crippen LogP contribution in [0.5, 0.6) is 11.5 Å². The van der Waals surface area contributed by atoms with Crippen LogP contribution in [0.15, 0.2) is 48.5 Å². The van der Waals surface area contributed by atoms with Gasteiger partial charge in [0, 0.05) is 5.41 Å². The van der Waals surface area contributed by atoms with Crippen LogP contribution in [0.1, 0.15) is 53.9 Å². The molecule has 0 N–H and O–H groups in total. The van der Waals surface area contributed by atoms with Gasteiger partial charge < -0.3 is 9.47 Å². The summed E-state index contributed by atoms with van der Waals surface area (Å²) in [7, 11) is 0. The first-order chi connectivity index (χ1) is 12.4. The number of alkyl halides is 1. The zero-order valence-electron chi connectivity index (χ0n) is 16.6. The Morgan fingerprint density at radius 2 is 1.23 bits per heavy atom. The topological polar surface area (TPSA) is 18.5 Å². The van der Waals surface area contributed by atoms with E-state index in [4.69, 9.17) is 9.47 Å². The lowest BCUT2D eigenvalue weighted by Gasteiger charge is -2.32. The van der Waals surface area contributed by atoms with Crippen LogP contribution < -0.4 is 9.47 Å². The molecular weight excluding hydrogens is 435 g/mol. The van der Waals surface area contributed by atoms with Crippen LogP contribution >= 0.6 is 22.6 Å². The molecule has 0 aliphatic heterocycles. The second kappa shape index (κ2) is 9.63. The molecule has 0 spiro atoms. The van der Waals surface area contributed by atoms with E-state index in [9.17, 15) is 0 Å². The summed E-state index contributed by atoms with van der Waals surface area (Å²) in [6.45, 7) is 11.0. The Kier molecular flexibility index (Phi) is 7.81.